The molecule has 3 aromatic rings. The molecule has 0 fully saturated rings. The van der Waals surface area contributed by atoms with Gasteiger partial charge in [0.05, 0.1) is 14.9 Å². The fraction of sp³-hybridized carbons (Fsp3) is 0.286. The van der Waals surface area contributed by atoms with Gasteiger partial charge in [-0.05, 0) is 62.9 Å². The van der Waals surface area contributed by atoms with Crippen LogP contribution in [0, 0.1) is 19.7 Å². The van der Waals surface area contributed by atoms with E-state index in [0.717, 1.165) is 35.5 Å². The number of rotatable bonds is 8. The predicted molar refractivity (Wildman–Crippen MR) is 116 cm³/mol. The summed E-state index contributed by atoms with van der Waals surface area (Å²) >= 11 is 2.88. The first-order valence-corrected chi connectivity index (χ1v) is 11.0. The molecule has 2 N–H and O–H groups in total. The van der Waals surface area contributed by atoms with E-state index in [2.05, 4.69) is 15.6 Å². The smallest absolute Gasteiger partial charge is 0.261 e. The summed E-state index contributed by atoms with van der Waals surface area (Å²) in [5.41, 5.74) is 2.07. The lowest BCUT2D eigenvalue weighted by Gasteiger charge is -2.04. The van der Waals surface area contributed by atoms with Gasteiger partial charge in [-0.2, -0.15) is 0 Å². The first kappa shape index (κ1) is 21.1. The second kappa shape index (κ2) is 9.76. The topological polar surface area (TPSA) is 71.1 Å². The van der Waals surface area contributed by atoms with Gasteiger partial charge in [-0.3, -0.25) is 9.59 Å². The zero-order chi connectivity index (χ0) is 20.8. The molecule has 0 unspecified atom stereocenters. The highest BCUT2D eigenvalue weighted by Crippen LogP contribution is 2.27. The maximum atomic E-state index is 13.3. The van der Waals surface area contributed by atoms with Crippen molar-refractivity contribution in [2.45, 2.75) is 33.1 Å². The van der Waals surface area contributed by atoms with Crippen LogP contribution in [-0.2, 0) is 6.42 Å². The van der Waals surface area contributed by atoms with Crippen molar-refractivity contribution in [1.29, 1.82) is 0 Å². The molecule has 0 bridgehead atoms. The third kappa shape index (κ3) is 5.95. The van der Waals surface area contributed by atoms with Crippen molar-refractivity contribution in [2.75, 3.05) is 11.9 Å². The molecule has 3 rings (SSSR count). The molecule has 152 valence electrons. The van der Waals surface area contributed by atoms with E-state index >= 15 is 0 Å². The highest BCUT2D eigenvalue weighted by atomic mass is 32.1. The number of anilines is 1. The Kier molecular flexibility index (Phi) is 7.11. The van der Waals surface area contributed by atoms with Crippen LogP contribution in [0.4, 0.5) is 9.39 Å². The van der Waals surface area contributed by atoms with Gasteiger partial charge in [-0.25, -0.2) is 9.37 Å². The second-order valence-electron chi connectivity index (χ2n) is 6.68. The summed E-state index contributed by atoms with van der Waals surface area (Å²) in [6.07, 6.45) is 2.76. The summed E-state index contributed by atoms with van der Waals surface area (Å²) in [5.74, 6) is -1.02. The van der Waals surface area contributed by atoms with Crippen LogP contribution in [0.5, 0.6) is 0 Å². The minimum absolute atomic E-state index is 0.149. The van der Waals surface area contributed by atoms with E-state index in [1.807, 2.05) is 19.2 Å². The van der Waals surface area contributed by atoms with E-state index in [4.69, 9.17) is 0 Å². The number of unbranched alkanes of at least 4 members (excludes halogenated alkanes) is 1. The van der Waals surface area contributed by atoms with Crippen molar-refractivity contribution >= 4 is 39.5 Å². The summed E-state index contributed by atoms with van der Waals surface area (Å²) < 4.78 is 13.3. The summed E-state index contributed by atoms with van der Waals surface area (Å²) in [6, 6.07) is 7.24. The summed E-state index contributed by atoms with van der Waals surface area (Å²) in [6.45, 7) is 4.40. The van der Waals surface area contributed by atoms with Crippen LogP contribution >= 0.6 is 22.7 Å². The average Bonchev–Trinajstić information content (AvgIpc) is 3.26. The van der Waals surface area contributed by atoms with Crippen molar-refractivity contribution in [3.8, 4) is 0 Å². The maximum absolute atomic E-state index is 13.3. The number of carbonyl (C=O) groups excluding carboxylic acids is 2. The molecule has 0 atom stereocenters. The van der Waals surface area contributed by atoms with Gasteiger partial charge in [0.15, 0.2) is 0 Å². The number of benzene rings is 1. The van der Waals surface area contributed by atoms with E-state index < -0.39 is 11.7 Å². The lowest BCUT2D eigenvalue weighted by molar-refractivity contribution is 0.0955. The number of halogens is 1. The van der Waals surface area contributed by atoms with Crippen molar-refractivity contribution in [1.82, 2.24) is 10.3 Å². The molecule has 0 aliphatic heterocycles. The van der Waals surface area contributed by atoms with E-state index in [0.29, 0.717) is 16.4 Å². The Hall–Kier alpha value is -2.58. The lowest BCUT2D eigenvalue weighted by atomic mass is 10.2. The number of aryl methyl sites for hydroxylation is 3. The molecule has 0 saturated carbocycles. The number of amides is 2. The fourth-order valence-corrected chi connectivity index (χ4v) is 4.59. The van der Waals surface area contributed by atoms with Crippen LogP contribution in [0.25, 0.3) is 0 Å². The molecular formula is C21H22FN3O2S2. The third-order valence-corrected chi connectivity index (χ3v) is 6.39. The van der Waals surface area contributed by atoms with Crippen molar-refractivity contribution < 1.29 is 14.0 Å². The van der Waals surface area contributed by atoms with Crippen molar-refractivity contribution in [3.63, 3.8) is 0 Å². The quantitative estimate of drug-likeness (QED) is 0.495. The highest BCUT2D eigenvalue weighted by Gasteiger charge is 2.15. The molecule has 2 heterocycles. The number of hydrogen-bond acceptors (Lipinski definition) is 5. The van der Waals surface area contributed by atoms with E-state index in [1.54, 1.807) is 23.5 Å². The molecule has 0 saturated heterocycles. The molecule has 29 heavy (non-hydrogen) atoms. The Morgan fingerprint density at radius 2 is 1.97 bits per heavy atom. The number of nitrogens with one attached hydrogen (secondary N) is 2. The zero-order valence-corrected chi connectivity index (χ0v) is 17.9. The first-order chi connectivity index (χ1) is 13.9. The van der Waals surface area contributed by atoms with Crippen LogP contribution in [-0.4, -0.2) is 23.3 Å². The average molecular weight is 432 g/mol. The van der Waals surface area contributed by atoms with Crippen LogP contribution in [0.3, 0.4) is 0 Å². The third-order valence-electron chi connectivity index (χ3n) is 4.22. The van der Waals surface area contributed by atoms with Gasteiger partial charge in [0.2, 0.25) is 0 Å². The molecule has 0 spiro atoms. The summed E-state index contributed by atoms with van der Waals surface area (Å²) in [5, 5.41) is 9.38. The van der Waals surface area contributed by atoms with Gasteiger partial charge in [0, 0.05) is 23.2 Å². The van der Waals surface area contributed by atoms with Crippen LogP contribution < -0.4 is 10.6 Å². The molecule has 1 aromatic carbocycles. The standard InChI is InChI=1S/C21H22FN3O2S2/c1-13-10-18(25-20(26)15-6-5-7-16(22)11-15)29-19(13)21(27)23-9-4-3-8-17-24-14(2)12-28-17/h5-7,10-12H,3-4,8-9H2,1-2H3,(H,23,27)(H,25,26). The second-order valence-corrected chi connectivity index (χ2v) is 8.68. The van der Waals surface area contributed by atoms with Gasteiger partial charge < -0.3 is 10.6 Å². The number of aromatic nitrogens is 1. The van der Waals surface area contributed by atoms with Gasteiger partial charge in [-0.1, -0.05) is 6.07 Å². The zero-order valence-electron chi connectivity index (χ0n) is 16.3. The van der Waals surface area contributed by atoms with E-state index in [1.165, 1.54) is 29.5 Å². The summed E-state index contributed by atoms with van der Waals surface area (Å²) in [4.78, 5) is 29.7. The SMILES string of the molecule is Cc1csc(CCCCNC(=O)c2sc(NC(=O)c3cccc(F)c3)cc2C)n1. The first-order valence-electron chi connectivity index (χ1n) is 9.29. The van der Waals surface area contributed by atoms with E-state index in [-0.39, 0.29) is 11.5 Å². The van der Waals surface area contributed by atoms with Crippen LogP contribution in [0.1, 0.15) is 49.1 Å². The van der Waals surface area contributed by atoms with Crippen LogP contribution in [0.2, 0.25) is 0 Å². The highest BCUT2D eigenvalue weighted by molar-refractivity contribution is 7.18. The lowest BCUT2D eigenvalue weighted by Crippen LogP contribution is -2.24. The minimum atomic E-state index is -0.468. The van der Waals surface area contributed by atoms with Gasteiger partial charge in [-0.15, -0.1) is 22.7 Å². The Bertz CT molecular complexity index is 1010. The Labute approximate surface area is 177 Å². The molecular weight excluding hydrogens is 409 g/mol. The van der Waals surface area contributed by atoms with Gasteiger partial charge in [0.1, 0.15) is 5.82 Å². The molecule has 2 aromatic heterocycles. The van der Waals surface area contributed by atoms with Gasteiger partial charge in [0.25, 0.3) is 11.8 Å². The molecule has 0 radical (unpaired) electrons. The van der Waals surface area contributed by atoms with E-state index in [9.17, 15) is 14.0 Å². The number of carbonyl (C=O) groups is 2. The molecule has 8 heteroatoms. The number of thiazole rings is 1. The minimum Gasteiger partial charge on any atom is -0.351 e. The number of thiophene rings is 1. The van der Waals surface area contributed by atoms with Crippen LogP contribution in [0.15, 0.2) is 35.7 Å². The predicted octanol–water partition coefficient (Wildman–Crippen LogP) is 4.97. The molecule has 0 aliphatic rings. The van der Waals surface area contributed by atoms with Gasteiger partial charge >= 0.3 is 0 Å². The van der Waals surface area contributed by atoms with Crippen molar-refractivity contribution in [3.05, 3.63) is 68.2 Å². The number of nitrogens with zero attached hydrogens (tertiary/aromatic N) is 1. The monoisotopic (exact) mass is 431 g/mol. The maximum Gasteiger partial charge on any atom is 0.261 e. The largest absolute Gasteiger partial charge is 0.351 e. The fourth-order valence-electron chi connectivity index (χ4n) is 2.78. The van der Waals surface area contributed by atoms with Crippen molar-refractivity contribution in [2.24, 2.45) is 0 Å². The Balaban J connectivity index is 1.48. The Morgan fingerprint density at radius 3 is 2.69 bits per heavy atom. The number of hydrogen-bond donors (Lipinski definition) is 2. The summed E-state index contributed by atoms with van der Waals surface area (Å²) in [7, 11) is 0. The molecule has 5 nitrogen and oxygen atoms in total. The Morgan fingerprint density at radius 1 is 1.14 bits per heavy atom. The molecule has 2 amide bonds. The normalized spacial score (nSPS) is 10.7. The molecule has 0 aliphatic carbocycles.